The molecule has 1 rings (SSSR count). The van der Waals surface area contributed by atoms with E-state index in [4.69, 9.17) is 5.26 Å². The Morgan fingerprint density at radius 1 is 1.41 bits per heavy atom. The van der Waals surface area contributed by atoms with Crippen LogP contribution in [0.25, 0.3) is 0 Å². The Morgan fingerprint density at radius 2 is 2.00 bits per heavy atom. The van der Waals surface area contributed by atoms with Crippen molar-refractivity contribution in [2.24, 2.45) is 0 Å². The zero-order valence-corrected chi connectivity index (χ0v) is 10.6. The highest BCUT2D eigenvalue weighted by Crippen LogP contribution is 2.15. The van der Waals surface area contributed by atoms with Crippen LogP contribution in [-0.4, -0.2) is 18.1 Å². The summed E-state index contributed by atoms with van der Waals surface area (Å²) < 4.78 is 26.9. The molecule has 1 aromatic rings. The molecule has 0 fully saturated rings. The number of halogens is 2. The minimum atomic E-state index is -0.675. The van der Waals surface area contributed by atoms with Crippen LogP contribution in [0.1, 0.15) is 18.1 Å². The molecule has 0 radical (unpaired) electrons. The van der Waals surface area contributed by atoms with Crippen LogP contribution >= 0.6 is 11.8 Å². The molecule has 0 heterocycles. The van der Waals surface area contributed by atoms with Crippen LogP contribution in [0.3, 0.4) is 0 Å². The fraction of sp³-hybridized carbons (Fsp3) is 0.417. The summed E-state index contributed by atoms with van der Waals surface area (Å²) in [4.78, 5) is 0. The van der Waals surface area contributed by atoms with Gasteiger partial charge in [-0.25, -0.2) is 8.78 Å². The smallest absolute Gasteiger partial charge is 0.131 e. The Labute approximate surface area is 104 Å². The third-order valence-electron chi connectivity index (χ3n) is 2.41. The maximum absolute atomic E-state index is 13.5. The van der Waals surface area contributed by atoms with Crippen molar-refractivity contribution in [3.63, 3.8) is 0 Å². The summed E-state index contributed by atoms with van der Waals surface area (Å²) in [6.07, 6.45) is 1.98. The molecule has 1 unspecified atom stereocenters. The van der Waals surface area contributed by atoms with Gasteiger partial charge in [0.2, 0.25) is 0 Å². The molecule has 0 aliphatic heterocycles. The highest BCUT2D eigenvalue weighted by molar-refractivity contribution is 7.99. The average Bonchev–Trinajstić information content (AvgIpc) is 2.31. The first-order valence-corrected chi connectivity index (χ1v) is 6.48. The fourth-order valence-corrected chi connectivity index (χ4v) is 1.60. The summed E-state index contributed by atoms with van der Waals surface area (Å²) >= 11 is 1.68. The van der Waals surface area contributed by atoms with E-state index < -0.39 is 11.6 Å². The van der Waals surface area contributed by atoms with Crippen LogP contribution in [-0.2, 0) is 6.54 Å². The minimum absolute atomic E-state index is 0.00114. The van der Waals surface area contributed by atoms with E-state index in [2.05, 4.69) is 5.32 Å². The van der Waals surface area contributed by atoms with E-state index in [1.165, 1.54) is 0 Å². The number of nitriles is 1. The Kier molecular flexibility index (Phi) is 5.39. The Bertz CT molecular complexity index is 406. The van der Waals surface area contributed by atoms with Crippen molar-refractivity contribution >= 4 is 11.8 Å². The van der Waals surface area contributed by atoms with E-state index in [1.807, 2.05) is 13.2 Å². The topological polar surface area (TPSA) is 35.8 Å². The molecule has 1 N–H and O–H groups in total. The molecule has 17 heavy (non-hydrogen) atoms. The molecule has 92 valence electrons. The van der Waals surface area contributed by atoms with Crippen molar-refractivity contribution in [3.8, 4) is 6.07 Å². The summed E-state index contributed by atoms with van der Waals surface area (Å²) in [6.45, 7) is 2.84. The van der Waals surface area contributed by atoms with Gasteiger partial charge < -0.3 is 5.32 Å². The monoisotopic (exact) mass is 256 g/mol. The number of hydrogen-bond donors (Lipinski definition) is 1. The first kappa shape index (κ1) is 13.9. The zero-order chi connectivity index (χ0) is 12.8. The van der Waals surface area contributed by atoms with Gasteiger partial charge in [-0.2, -0.15) is 17.0 Å². The molecule has 0 saturated carbocycles. The molecule has 2 nitrogen and oxygen atoms in total. The third-order valence-corrected chi connectivity index (χ3v) is 3.38. The summed E-state index contributed by atoms with van der Waals surface area (Å²) in [5.74, 6) is -1.35. The third kappa shape index (κ3) is 3.99. The number of benzene rings is 1. The lowest BCUT2D eigenvalue weighted by Crippen LogP contribution is -2.23. The number of nitrogens with one attached hydrogen (secondary N) is 1. The normalized spacial score (nSPS) is 12.2. The standard InChI is InChI=1S/C12H14F2N2S/c1-8(17-2)6-16-7-10-11(13)3-9(5-15)4-12(10)14/h3-4,8,16H,6-7H2,1-2H3. The maximum Gasteiger partial charge on any atom is 0.131 e. The van der Waals surface area contributed by atoms with Gasteiger partial charge in [0, 0.05) is 23.9 Å². The van der Waals surface area contributed by atoms with Crippen molar-refractivity contribution in [2.45, 2.75) is 18.7 Å². The number of thioether (sulfide) groups is 1. The first-order valence-electron chi connectivity index (χ1n) is 5.20. The highest BCUT2D eigenvalue weighted by atomic mass is 32.2. The van der Waals surface area contributed by atoms with Gasteiger partial charge in [-0.15, -0.1) is 0 Å². The Balaban J connectivity index is 2.69. The number of hydrogen-bond acceptors (Lipinski definition) is 3. The van der Waals surface area contributed by atoms with Gasteiger partial charge in [0.05, 0.1) is 11.6 Å². The molecule has 0 bridgehead atoms. The second kappa shape index (κ2) is 6.58. The van der Waals surface area contributed by atoms with Gasteiger partial charge in [0.1, 0.15) is 11.6 Å². The van der Waals surface area contributed by atoms with Crippen LogP contribution in [0.15, 0.2) is 12.1 Å². The molecule has 1 atom stereocenters. The van der Waals surface area contributed by atoms with Crippen LogP contribution < -0.4 is 5.32 Å². The molecule has 5 heteroatoms. The van der Waals surface area contributed by atoms with E-state index in [0.717, 1.165) is 12.1 Å². The summed E-state index contributed by atoms with van der Waals surface area (Å²) in [7, 11) is 0. The van der Waals surface area contributed by atoms with Gasteiger partial charge >= 0.3 is 0 Å². The second-order valence-corrected chi connectivity index (χ2v) is 4.98. The van der Waals surface area contributed by atoms with E-state index in [9.17, 15) is 8.78 Å². The van der Waals surface area contributed by atoms with Gasteiger partial charge in [0.15, 0.2) is 0 Å². The van der Waals surface area contributed by atoms with Crippen molar-refractivity contribution in [2.75, 3.05) is 12.8 Å². The Morgan fingerprint density at radius 3 is 2.47 bits per heavy atom. The Hall–Kier alpha value is -1.12. The van der Waals surface area contributed by atoms with Gasteiger partial charge in [-0.05, 0) is 18.4 Å². The molecule has 1 aromatic carbocycles. The lowest BCUT2D eigenvalue weighted by Gasteiger charge is -2.11. The van der Waals surface area contributed by atoms with Crippen LogP contribution in [0, 0.1) is 23.0 Å². The largest absolute Gasteiger partial charge is 0.311 e. The maximum atomic E-state index is 13.5. The lowest BCUT2D eigenvalue weighted by atomic mass is 10.1. The molecule has 0 aromatic heterocycles. The average molecular weight is 256 g/mol. The van der Waals surface area contributed by atoms with Crippen LogP contribution in [0.5, 0.6) is 0 Å². The summed E-state index contributed by atoms with van der Waals surface area (Å²) in [6, 6.07) is 3.82. The molecule has 0 spiro atoms. The fourth-order valence-electron chi connectivity index (χ4n) is 1.32. The van der Waals surface area contributed by atoms with Crippen molar-refractivity contribution in [1.82, 2.24) is 5.32 Å². The number of rotatable bonds is 5. The van der Waals surface area contributed by atoms with E-state index >= 15 is 0 Å². The first-order chi connectivity index (χ1) is 8.08. The van der Waals surface area contributed by atoms with E-state index in [1.54, 1.807) is 17.8 Å². The van der Waals surface area contributed by atoms with Crippen LogP contribution in [0.4, 0.5) is 8.78 Å². The van der Waals surface area contributed by atoms with Crippen molar-refractivity contribution in [1.29, 1.82) is 5.26 Å². The molecule has 0 aliphatic rings. The van der Waals surface area contributed by atoms with E-state index in [-0.39, 0.29) is 17.7 Å². The summed E-state index contributed by atoms with van der Waals surface area (Å²) in [5.41, 5.74) is -0.0152. The molecule has 0 saturated heterocycles. The van der Waals surface area contributed by atoms with Crippen molar-refractivity contribution in [3.05, 3.63) is 34.9 Å². The SMILES string of the molecule is CSC(C)CNCc1c(F)cc(C#N)cc1F. The molecular weight excluding hydrogens is 242 g/mol. The highest BCUT2D eigenvalue weighted by Gasteiger charge is 2.11. The second-order valence-electron chi connectivity index (χ2n) is 3.71. The van der Waals surface area contributed by atoms with Gasteiger partial charge in [-0.3, -0.25) is 0 Å². The van der Waals surface area contributed by atoms with Crippen molar-refractivity contribution < 1.29 is 8.78 Å². The van der Waals surface area contributed by atoms with Gasteiger partial charge in [-0.1, -0.05) is 6.92 Å². The van der Waals surface area contributed by atoms with Gasteiger partial charge in [0.25, 0.3) is 0 Å². The molecule has 0 aliphatic carbocycles. The lowest BCUT2D eigenvalue weighted by molar-refractivity contribution is 0.535. The quantitative estimate of drug-likeness (QED) is 0.879. The predicted octanol–water partition coefficient (Wildman–Crippen LogP) is 2.68. The number of nitrogens with zero attached hydrogens (tertiary/aromatic N) is 1. The van der Waals surface area contributed by atoms with E-state index in [0.29, 0.717) is 11.8 Å². The van der Waals surface area contributed by atoms with Crippen LogP contribution in [0.2, 0.25) is 0 Å². The minimum Gasteiger partial charge on any atom is -0.311 e. The molecular formula is C12H14F2N2S. The molecule has 0 amide bonds. The predicted molar refractivity (Wildman–Crippen MR) is 65.8 cm³/mol. The zero-order valence-electron chi connectivity index (χ0n) is 9.76. The summed E-state index contributed by atoms with van der Waals surface area (Å²) in [5, 5.41) is 11.9.